The Kier molecular flexibility index (Phi) is 4.63. The number of carbonyl (C=O) groups is 1. The van der Waals surface area contributed by atoms with Gasteiger partial charge in [0, 0.05) is 17.2 Å². The Balaban J connectivity index is 1.79. The van der Waals surface area contributed by atoms with E-state index in [1.54, 1.807) is 6.07 Å². The Morgan fingerprint density at radius 2 is 1.59 bits per heavy atom. The zero-order valence-electron chi connectivity index (χ0n) is 14.6. The van der Waals surface area contributed by atoms with Gasteiger partial charge in [-0.05, 0) is 54.6 Å². The van der Waals surface area contributed by atoms with Crippen molar-refractivity contribution in [3.63, 3.8) is 0 Å². The largest absolute Gasteiger partial charge is 0.477 e. The molecule has 1 N–H and O–H groups in total. The minimum atomic E-state index is -2.94. The molecular formula is C20H12F3N3O3. The lowest BCUT2D eigenvalue weighted by Gasteiger charge is -2.07. The molecule has 0 amide bonds. The number of fused-ring (bicyclic) bond motifs is 1. The molecule has 0 aliphatic heterocycles. The van der Waals surface area contributed by atoms with Crippen molar-refractivity contribution in [3.05, 3.63) is 72.2 Å². The zero-order chi connectivity index (χ0) is 20.5. The third kappa shape index (κ3) is 3.75. The van der Waals surface area contributed by atoms with Gasteiger partial charge in [0.2, 0.25) is 0 Å². The second-order valence-corrected chi connectivity index (χ2v) is 6.04. The van der Waals surface area contributed by atoms with Crippen LogP contribution in [0.25, 0.3) is 28.2 Å². The number of nitrogens with zero attached hydrogens (tertiary/aromatic N) is 3. The van der Waals surface area contributed by atoms with Crippen molar-refractivity contribution >= 4 is 11.6 Å². The van der Waals surface area contributed by atoms with Crippen molar-refractivity contribution < 1.29 is 27.8 Å². The molecule has 0 fully saturated rings. The van der Waals surface area contributed by atoms with Gasteiger partial charge in [-0.25, -0.2) is 18.7 Å². The Bertz CT molecular complexity index is 1190. The number of hydrogen-bond acceptors (Lipinski definition) is 4. The smallest absolute Gasteiger partial charge is 0.387 e. The third-order valence-corrected chi connectivity index (χ3v) is 4.16. The molecule has 0 unspecified atom stereocenters. The molecular weight excluding hydrogens is 387 g/mol. The van der Waals surface area contributed by atoms with Gasteiger partial charge in [-0.2, -0.15) is 13.9 Å². The minimum Gasteiger partial charge on any atom is -0.477 e. The third-order valence-electron chi connectivity index (χ3n) is 4.16. The van der Waals surface area contributed by atoms with Gasteiger partial charge in [-0.3, -0.25) is 0 Å². The number of carboxylic acid groups (broad SMARTS) is 1. The molecule has 0 spiro atoms. The molecule has 0 saturated heterocycles. The fourth-order valence-electron chi connectivity index (χ4n) is 2.84. The van der Waals surface area contributed by atoms with Crippen molar-refractivity contribution in [1.82, 2.24) is 14.6 Å². The summed E-state index contributed by atoms with van der Waals surface area (Å²) in [7, 11) is 0. The Labute approximate surface area is 161 Å². The van der Waals surface area contributed by atoms with Gasteiger partial charge in [-0.1, -0.05) is 0 Å². The van der Waals surface area contributed by atoms with Crippen LogP contribution in [0.2, 0.25) is 0 Å². The van der Waals surface area contributed by atoms with Gasteiger partial charge in [0.1, 0.15) is 11.6 Å². The molecule has 2 aromatic carbocycles. The molecule has 2 aromatic heterocycles. The summed E-state index contributed by atoms with van der Waals surface area (Å²) in [5.74, 6) is -1.64. The summed E-state index contributed by atoms with van der Waals surface area (Å²) in [5.41, 5.74) is 2.00. The first-order valence-electron chi connectivity index (χ1n) is 8.36. The summed E-state index contributed by atoms with van der Waals surface area (Å²) in [6, 6.07) is 14.2. The molecule has 6 nitrogen and oxygen atoms in total. The second kappa shape index (κ2) is 7.27. The molecule has 0 radical (unpaired) electrons. The van der Waals surface area contributed by atoms with Crippen LogP contribution < -0.4 is 4.74 Å². The molecule has 0 aliphatic rings. The second-order valence-electron chi connectivity index (χ2n) is 6.04. The van der Waals surface area contributed by atoms with Crippen LogP contribution in [0.1, 0.15) is 10.5 Å². The first kappa shape index (κ1) is 18.5. The van der Waals surface area contributed by atoms with Crippen LogP contribution in [0.4, 0.5) is 13.2 Å². The van der Waals surface area contributed by atoms with Gasteiger partial charge in [0.15, 0.2) is 11.3 Å². The number of aromatic carboxylic acids is 1. The van der Waals surface area contributed by atoms with E-state index in [4.69, 9.17) is 0 Å². The highest BCUT2D eigenvalue weighted by Crippen LogP contribution is 2.26. The summed E-state index contributed by atoms with van der Waals surface area (Å²) in [6.45, 7) is -2.94. The summed E-state index contributed by atoms with van der Waals surface area (Å²) < 4.78 is 43.2. The average molecular weight is 399 g/mol. The first-order valence-corrected chi connectivity index (χ1v) is 8.36. The standard InChI is InChI=1S/C20H12F3N3O3/c21-13-5-1-12(2-6-13)16-10-18-24-15(9-17(19(27)28)26(18)25-16)11-3-7-14(8-4-11)29-20(22)23/h1-10,20H,(H,27,28). The van der Waals surface area contributed by atoms with Gasteiger partial charge in [0.05, 0.1) is 11.4 Å². The zero-order valence-corrected chi connectivity index (χ0v) is 14.6. The lowest BCUT2D eigenvalue weighted by Crippen LogP contribution is -2.08. The number of halogens is 3. The van der Waals surface area contributed by atoms with Crippen molar-refractivity contribution in [2.24, 2.45) is 0 Å². The first-order chi connectivity index (χ1) is 13.9. The molecule has 29 heavy (non-hydrogen) atoms. The van der Waals surface area contributed by atoms with Gasteiger partial charge < -0.3 is 9.84 Å². The van der Waals surface area contributed by atoms with E-state index in [0.717, 1.165) is 0 Å². The molecule has 0 atom stereocenters. The summed E-state index contributed by atoms with van der Waals surface area (Å²) in [5, 5.41) is 13.8. The number of ether oxygens (including phenoxy) is 1. The SMILES string of the molecule is O=C(O)c1cc(-c2ccc(OC(F)F)cc2)nc2cc(-c3ccc(F)cc3)nn12. The number of benzene rings is 2. The maximum Gasteiger partial charge on any atom is 0.387 e. The molecule has 4 rings (SSSR count). The van der Waals surface area contributed by atoms with E-state index >= 15 is 0 Å². The van der Waals surface area contributed by atoms with Crippen LogP contribution in [0.5, 0.6) is 5.75 Å². The number of hydrogen-bond donors (Lipinski definition) is 1. The van der Waals surface area contributed by atoms with Crippen LogP contribution in [-0.4, -0.2) is 32.3 Å². The van der Waals surface area contributed by atoms with E-state index in [9.17, 15) is 23.1 Å². The van der Waals surface area contributed by atoms with Crippen LogP contribution in [0, 0.1) is 5.82 Å². The van der Waals surface area contributed by atoms with Crippen LogP contribution >= 0.6 is 0 Å². The average Bonchev–Trinajstić information content (AvgIpc) is 3.11. The topological polar surface area (TPSA) is 76.7 Å². The molecule has 2 heterocycles. The molecule has 0 bridgehead atoms. The van der Waals surface area contributed by atoms with Crippen LogP contribution in [0.15, 0.2) is 60.7 Å². The Morgan fingerprint density at radius 3 is 2.21 bits per heavy atom. The number of aromatic nitrogens is 3. The lowest BCUT2D eigenvalue weighted by molar-refractivity contribution is -0.0498. The van der Waals surface area contributed by atoms with Gasteiger partial charge in [0.25, 0.3) is 0 Å². The predicted octanol–water partition coefficient (Wildman–Crippen LogP) is 4.50. The summed E-state index contributed by atoms with van der Waals surface area (Å²) >= 11 is 0. The number of alkyl halides is 2. The van der Waals surface area contributed by atoms with E-state index in [0.29, 0.717) is 22.5 Å². The van der Waals surface area contributed by atoms with Crippen molar-refractivity contribution in [1.29, 1.82) is 0 Å². The normalized spacial score (nSPS) is 11.2. The number of carboxylic acids is 1. The minimum absolute atomic E-state index is 0.0220. The molecule has 9 heteroatoms. The molecule has 4 aromatic rings. The lowest BCUT2D eigenvalue weighted by atomic mass is 10.1. The molecule has 0 aliphatic carbocycles. The maximum atomic E-state index is 13.1. The highest BCUT2D eigenvalue weighted by Gasteiger charge is 2.16. The quantitative estimate of drug-likeness (QED) is 0.535. The molecule has 146 valence electrons. The number of rotatable bonds is 5. The highest BCUT2D eigenvalue weighted by atomic mass is 19.3. The van der Waals surface area contributed by atoms with Crippen molar-refractivity contribution in [3.8, 4) is 28.3 Å². The predicted molar refractivity (Wildman–Crippen MR) is 97.4 cm³/mol. The monoisotopic (exact) mass is 399 g/mol. The maximum absolute atomic E-state index is 13.1. The van der Waals surface area contributed by atoms with Crippen molar-refractivity contribution in [2.75, 3.05) is 0 Å². The summed E-state index contributed by atoms with van der Waals surface area (Å²) in [4.78, 5) is 16.1. The van der Waals surface area contributed by atoms with Crippen LogP contribution in [0.3, 0.4) is 0 Å². The van der Waals surface area contributed by atoms with E-state index < -0.39 is 18.4 Å². The Hall–Kier alpha value is -3.88. The van der Waals surface area contributed by atoms with E-state index in [1.165, 1.54) is 59.1 Å². The fourth-order valence-corrected chi connectivity index (χ4v) is 2.84. The van der Waals surface area contributed by atoms with E-state index in [2.05, 4.69) is 14.8 Å². The summed E-state index contributed by atoms with van der Waals surface area (Å²) in [6.07, 6.45) is 0. The van der Waals surface area contributed by atoms with E-state index in [-0.39, 0.29) is 17.1 Å². The highest BCUT2D eigenvalue weighted by molar-refractivity contribution is 5.88. The van der Waals surface area contributed by atoms with E-state index in [1.807, 2.05) is 0 Å². The van der Waals surface area contributed by atoms with Gasteiger partial charge in [-0.15, -0.1) is 0 Å². The molecule has 0 saturated carbocycles. The van der Waals surface area contributed by atoms with Gasteiger partial charge >= 0.3 is 12.6 Å². The van der Waals surface area contributed by atoms with Crippen LogP contribution in [-0.2, 0) is 0 Å². The Morgan fingerprint density at radius 1 is 0.966 bits per heavy atom. The fraction of sp³-hybridized carbons (Fsp3) is 0.0500. The van der Waals surface area contributed by atoms with Crippen molar-refractivity contribution in [2.45, 2.75) is 6.61 Å².